The molecule has 4 nitrogen and oxygen atoms in total. The predicted molar refractivity (Wildman–Crippen MR) is 210 cm³/mol. The number of nitrogens with zero attached hydrogens (tertiary/aromatic N) is 3. The van der Waals surface area contributed by atoms with Gasteiger partial charge in [0.05, 0.1) is 17.1 Å². The molecule has 0 N–H and O–H groups in total. The topological polar surface area (TPSA) is 37.2 Å². The third-order valence-corrected chi connectivity index (χ3v) is 9.61. The van der Waals surface area contributed by atoms with E-state index in [0.717, 1.165) is 73.9 Å². The van der Waals surface area contributed by atoms with Crippen molar-refractivity contribution in [3.63, 3.8) is 0 Å². The second-order valence-corrected chi connectivity index (χ2v) is 12.8. The summed E-state index contributed by atoms with van der Waals surface area (Å²) in [6.45, 7) is 4.09. The van der Waals surface area contributed by atoms with Crippen molar-refractivity contribution in [3.8, 4) is 11.5 Å². The molecular weight excluding hydrogens is 611 g/mol. The number of rotatable bonds is 6. The van der Waals surface area contributed by atoms with E-state index in [0.29, 0.717) is 5.84 Å². The maximum absolute atomic E-state index is 6.54. The molecule has 1 aliphatic heterocycles. The van der Waals surface area contributed by atoms with Crippen LogP contribution in [0.5, 0.6) is 11.5 Å². The van der Waals surface area contributed by atoms with Gasteiger partial charge in [-0.3, -0.25) is 0 Å². The summed E-state index contributed by atoms with van der Waals surface area (Å²) >= 11 is 0. The number of fused-ring (bicyclic) bond motifs is 4. The summed E-state index contributed by atoms with van der Waals surface area (Å²) in [6, 6.07) is 48.6. The van der Waals surface area contributed by atoms with E-state index in [1.807, 2.05) is 44.2 Å². The number of para-hydroxylation sites is 2. The van der Waals surface area contributed by atoms with Crippen molar-refractivity contribution in [1.29, 1.82) is 0 Å². The lowest BCUT2D eigenvalue weighted by atomic mass is 9.93. The number of amidine groups is 1. The number of anilines is 3. The summed E-state index contributed by atoms with van der Waals surface area (Å²) in [5.74, 6) is 2.35. The number of aliphatic imine (C=N–C) groups is 2. The lowest BCUT2D eigenvalue weighted by Crippen LogP contribution is -2.16. The van der Waals surface area contributed by atoms with Crippen LogP contribution < -0.4 is 9.64 Å². The molecule has 1 heterocycles. The summed E-state index contributed by atoms with van der Waals surface area (Å²) in [4.78, 5) is 12.7. The Kier molecular flexibility index (Phi) is 8.67. The minimum absolute atomic E-state index is 0.666. The van der Waals surface area contributed by atoms with E-state index in [1.54, 1.807) is 0 Å². The van der Waals surface area contributed by atoms with Gasteiger partial charge in [-0.25, -0.2) is 9.98 Å². The lowest BCUT2D eigenvalue weighted by molar-refractivity contribution is 0.482. The monoisotopic (exact) mass is 649 g/mol. The third-order valence-electron chi connectivity index (χ3n) is 9.61. The number of hydrogen-bond acceptors (Lipinski definition) is 3. The zero-order chi connectivity index (χ0) is 33.9. The maximum atomic E-state index is 6.54. The van der Waals surface area contributed by atoms with Gasteiger partial charge in [-0.2, -0.15) is 0 Å². The van der Waals surface area contributed by atoms with Crippen molar-refractivity contribution in [2.24, 2.45) is 9.98 Å². The fourth-order valence-electron chi connectivity index (χ4n) is 6.94. The van der Waals surface area contributed by atoms with Crippen LogP contribution in [-0.2, 0) is 0 Å². The molecule has 0 unspecified atom stereocenters. The van der Waals surface area contributed by atoms with Gasteiger partial charge in [-0.1, -0.05) is 109 Å². The SMILES string of the molecule is C\C=C(/N=C(\N=C(/C)c1ccccc1)c1ccc(N2c3ccccc3Oc3c2ccc2ccccc32)cc1)c1ccc(C2=CCCCC2)cc1. The van der Waals surface area contributed by atoms with Crippen molar-refractivity contribution in [2.45, 2.75) is 39.5 Å². The molecule has 6 aromatic rings. The zero-order valence-corrected chi connectivity index (χ0v) is 28.5. The molecule has 2 aliphatic rings. The average Bonchev–Trinajstić information content (AvgIpc) is 3.19. The summed E-state index contributed by atoms with van der Waals surface area (Å²) < 4.78 is 6.54. The first-order valence-electron chi connectivity index (χ1n) is 17.5. The van der Waals surface area contributed by atoms with Gasteiger partial charge in [0.2, 0.25) is 0 Å². The van der Waals surface area contributed by atoms with E-state index in [4.69, 9.17) is 14.7 Å². The zero-order valence-electron chi connectivity index (χ0n) is 28.5. The Bertz CT molecular complexity index is 2300. The molecule has 0 fully saturated rings. The quantitative estimate of drug-likeness (QED) is 0.133. The Labute approximate surface area is 294 Å². The van der Waals surface area contributed by atoms with Gasteiger partial charge in [0.1, 0.15) is 0 Å². The van der Waals surface area contributed by atoms with Crippen LogP contribution in [0.1, 0.15) is 61.8 Å². The van der Waals surface area contributed by atoms with E-state index in [1.165, 1.54) is 30.4 Å². The highest BCUT2D eigenvalue weighted by atomic mass is 16.5. The van der Waals surface area contributed by atoms with Crippen LogP contribution in [0.15, 0.2) is 162 Å². The Morgan fingerprint density at radius 2 is 1.40 bits per heavy atom. The molecule has 8 rings (SSSR count). The highest BCUT2D eigenvalue weighted by Crippen LogP contribution is 2.52. The van der Waals surface area contributed by atoms with Crippen molar-refractivity contribution >= 4 is 50.7 Å². The smallest absolute Gasteiger partial charge is 0.160 e. The Balaban J connectivity index is 1.19. The number of allylic oxidation sites excluding steroid dienone is 3. The highest BCUT2D eigenvalue weighted by Gasteiger charge is 2.27. The molecule has 0 bridgehead atoms. The molecule has 6 aromatic carbocycles. The Hall–Kier alpha value is -6.00. The number of ether oxygens (including phenoxy) is 1. The molecule has 0 saturated heterocycles. The van der Waals surface area contributed by atoms with E-state index in [2.05, 4.69) is 126 Å². The van der Waals surface area contributed by atoms with E-state index in [-0.39, 0.29) is 0 Å². The predicted octanol–water partition coefficient (Wildman–Crippen LogP) is 12.7. The summed E-state index contributed by atoms with van der Waals surface area (Å²) in [6.07, 6.45) is 9.34. The molecule has 0 amide bonds. The molecule has 244 valence electrons. The molecule has 0 spiro atoms. The maximum Gasteiger partial charge on any atom is 0.160 e. The van der Waals surface area contributed by atoms with Crippen LogP contribution in [-0.4, -0.2) is 11.5 Å². The summed E-state index contributed by atoms with van der Waals surface area (Å²) in [5.41, 5.74) is 10.7. The largest absolute Gasteiger partial charge is 0.452 e. The normalized spacial score (nSPS) is 14.9. The van der Waals surface area contributed by atoms with Gasteiger partial charge in [0.15, 0.2) is 17.3 Å². The van der Waals surface area contributed by atoms with Gasteiger partial charge in [-0.15, -0.1) is 0 Å². The molecule has 0 saturated carbocycles. The van der Waals surface area contributed by atoms with Crippen LogP contribution >= 0.6 is 0 Å². The number of benzene rings is 6. The minimum atomic E-state index is 0.666. The van der Waals surface area contributed by atoms with Gasteiger partial charge in [-0.05, 0) is 110 Å². The fourth-order valence-corrected chi connectivity index (χ4v) is 6.94. The van der Waals surface area contributed by atoms with Crippen molar-refractivity contribution in [2.75, 3.05) is 4.90 Å². The molecule has 1 aliphatic carbocycles. The Morgan fingerprint density at radius 1 is 0.660 bits per heavy atom. The molecule has 0 radical (unpaired) electrons. The van der Waals surface area contributed by atoms with Crippen molar-refractivity contribution in [3.05, 3.63) is 174 Å². The molecule has 0 aromatic heterocycles. The van der Waals surface area contributed by atoms with Gasteiger partial charge in [0.25, 0.3) is 0 Å². The second kappa shape index (κ2) is 13.9. The van der Waals surface area contributed by atoms with Gasteiger partial charge in [0, 0.05) is 22.3 Å². The van der Waals surface area contributed by atoms with Crippen LogP contribution in [0.3, 0.4) is 0 Å². The minimum Gasteiger partial charge on any atom is -0.452 e. The summed E-state index contributed by atoms with van der Waals surface area (Å²) in [7, 11) is 0. The van der Waals surface area contributed by atoms with Gasteiger partial charge >= 0.3 is 0 Å². The van der Waals surface area contributed by atoms with Crippen LogP contribution in [0.2, 0.25) is 0 Å². The first-order valence-corrected chi connectivity index (χ1v) is 17.5. The van der Waals surface area contributed by atoms with Crippen molar-refractivity contribution in [1.82, 2.24) is 0 Å². The lowest BCUT2D eigenvalue weighted by Gasteiger charge is -2.33. The average molecular weight is 650 g/mol. The number of hydrogen-bond donors (Lipinski definition) is 0. The van der Waals surface area contributed by atoms with Crippen LogP contribution in [0.25, 0.3) is 22.0 Å². The standard InChI is InChI=1S/C46H39N3O/c1-3-41(37-24-22-35(23-25-37)34-16-8-5-9-17-34)48-46(47-32(2)33-14-6-4-7-15-33)38-26-29-39(30-27-38)49-42-20-12-13-21-44(42)50-45-40-19-11-10-18-36(40)28-31-43(45)49/h3-4,6-7,10-16,18-31H,5,8-9,17H2,1-2H3/b41-3-,47-32+,48-46-. The van der Waals surface area contributed by atoms with E-state index < -0.39 is 0 Å². The molecule has 0 atom stereocenters. The van der Waals surface area contributed by atoms with E-state index >= 15 is 0 Å². The molecule has 50 heavy (non-hydrogen) atoms. The Morgan fingerprint density at radius 3 is 2.18 bits per heavy atom. The fraction of sp³-hybridized carbons (Fsp3) is 0.130. The van der Waals surface area contributed by atoms with Crippen LogP contribution in [0, 0.1) is 0 Å². The molecule has 4 heteroatoms. The first kappa shape index (κ1) is 31.3. The third kappa shape index (κ3) is 6.17. The van der Waals surface area contributed by atoms with Gasteiger partial charge < -0.3 is 9.64 Å². The van der Waals surface area contributed by atoms with Crippen molar-refractivity contribution < 1.29 is 4.74 Å². The van der Waals surface area contributed by atoms with E-state index in [9.17, 15) is 0 Å². The first-order chi connectivity index (χ1) is 24.7. The molecular formula is C46H39N3O. The summed E-state index contributed by atoms with van der Waals surface area (Å²) in [5, 5.41) is 2.23. The van der Waals surface area contributed by atoms with Crippen LogP contribution in [0.4, 0.5) is 17.1 Å². The second-order valence-electron chi connectivity index (χ2n) is 12.8. The highest BCUT2D eigenvalue weighted by molar-refractivity contribution is 6.13.